The van der Waals surface area contributed by atoms with Crippen molar-refractivity contribution in [1.82, 2.24) is 20.9 Å². The van der Waals surface area contributed by atoms with Crippen LogP contribution in [0.5, 0.6) is 5.75 Å². The molecule has 2 aromatic carbocycles. The lowest BCUT2D eigenvalue weighted by atomic mass is 10.1. The first-order valence-corrected chi connectivity index (χ1v) is 10.4. The molecular weight excluding hydrogens is 396 g/mol. The molecule has 8 nitrogen and oxygen atoms in total. The quantitative estimate of drug-likeness (QED) is 0.482. The second-order valence-electron chi connectivity index (χ2n) is 7.76. The molecule has 0 fully saturated rings. The number of hydrogen-bond donors (Lipinski definition) is 3. The van der Waals surface area contributed by atoms with Crippen molar-refractivity contribution in [3.05, 3.63) is 76.6 Å². The first kappa shape index (κ1) is 21.0. The van der Waals surface area contributed by atoms with Crippen molar-refractivity contribution in [2.75, 3.05) is 13.1 Å². The van der Waals surface area contributed by atoms with Crippen LogP contribution in [0.3, 0.4) is 0 Å². The highest BCUT2D eigenvalue weighted by atomic mass is 16.6. The molecule has 3 aromatic rings. The van der Waals surface area contributed by atoms with E-state index in [4.69, 9.17) is 4.74 Å². The minimum atomic E-state index is -0.658. The standard InChI is InChI=1S/C23H26N4O4/c1-15-22(27-31-26-15)14-30-21-8-6-16(7-9-21)23(29)25-13-20(28)12-24-19-10-17-4-2-3-5-18(17)11-19/h2-9,19-20,24,28H,10-14H2,1H3,(H,25,29)/t20-/m1/s1. The van der Waals surface area contributed by atoms with Gasteiger partial charge in [0.1, 0.15) is 23.7 Å². The number of ether oxygens (including phenoxy) is 1. The maximum atomic E-state index is 12.3. The molecule has 0 unspecified atom stereocenters. The van der Waals surface area contributed by atoms with Crippen molar-refractivity contribution in [1.29, 1.82) is 0 Å². The molecule has 1 amide bonds. The lowest BCUT2D eigenvalue weighted by Crippen LogP contribution is -2.41. The highest BCUT2D eigenvalue weighted by Gasteiger charge is 2.21. The summed E-state index contributed by atoms with van der Waals surface area (Å²) in [6, 6.07) is 15.5. The van der Waals surface area contributed by atoms with E-state index in [1.807, 2.05) is 0 Å². The summed E-state index contributed by atoms with van der Waals surface area (Å²) in [6.07, 6.45) is 1.28. The van der Waals surface area contributed by atoms with Gasteiger partial charge in [0.25, 0.3) is 5.91 Å². The van der Waals surface area contributed by atoms with E-state index in [2.05, 4.69) is 49.8 Å². The van der Waals surface area contributed by atoms with E-state index in [9.17, 15) is 9.90 Å². The van der Waals surface area contributed by atoms with Crippen molar-refractivity contribution in [3.8, 4) is 5.75 Å². The first-order valence-electron chi connectivity index (χ1n) is 10.4. The minimum Gasteiger partial charge on any atom is -0.487 e. The van der Waals surface area contributed by atoms with Gasteiger partial charge < -0.3 is 20.5 Å². The third-order valence-electron chi connectivity index (χ3n) is 5.43. The molecule has 8 heteroatoms. The average molecular weight is 422 g/mol. The predicted octanol–water partition coefficient (Wildman–Crippen LogP) is 1.80. The Morgan fingerprint density at radius 1 is 1.13 bits per heavy atom. The smallest absolute Gasteiger partial charge is 0.251 e. The number of aromatic nitrogens is 2. The number of aliphatic hydroxyl groups excluding tert-OH is 1. The summed E-state index contributed by atoms with van der Waals surface area (Å²) in [5, 5.41) is 23.9. The molecule has 0 radical (unpaired) electrons. The van der Waals surface area contributed by atoms with Crippen LogP contribution in [-0.2, 0) is 19.4 Å². The van der Waals surface area contributed by atoms with E-state index >= 15 is 0 Å². The van der Waals surface area contributed by atoms with Crippen molar-refractivity contribution in [2.24, 2.45) is 0 Å². The molecule has 3 N–H and O–H groups in total. The van der Waals surface area contributed by atoms with E-state index in [0.717, 1.165) is 12.8 Å². The van der Waals surface area contributed by atoms with Crippen LogP contribution in [0.25, 0.3) is 0 Å². The van der Waals surface area contributed by atoms with Gasteiger partial charge in [-0.15, -0.1) is 0 Å². The molecule has 0 aliphatic heterocycles. The van der Waals surface area contributed by atoms with E-state index < -0.39 is 6.10 Å². The summed E-state index contributed by atoms with van der Waals surface area (Å²) in [7, 11) is 0. The maximum absolute atomic E-state index is 12.3. The third-order valence-corrected chi connectivity index (χ3v) is 5.43. The van der Waals surface area contributed by atoms with E-state index in [-0.39, 0.29) is 19.1 Å². The third kappa shape index (κ3) is 5.48. The van der Waals surface area contributed by atoms with Gasteiger partial charge in [-0.1, -0.05) is 34.6 Å². The van der Waals surface area contributed by atoms with Gasteiger partial charge in [-0.3, -0.25) is 4.79 Å². The predicted molar refractivity (Wildman–Crippen MR) is 114 cm³/mol. The zero-order chi connectivity index (χ0) is 21.6. The summed E-state index contributed by atoms with van der Waals surface area (Å²) < 4.78 is 10.3. The lowest BCUT2D eigenvalue weighted by Gasteiger charge is -2.17. The van der Waals surface area contributed by atoms with Gasteiger partial charge in [-0.25, -0.2) is 4.63 Å². The topological polar surface area (TPSA) is 110 Å². The number of aryl methyl sites for hydroxylation is 1. The molecule has 1 aromatic heterocycles. The SMILES string of the molecule is Cc1nonc1COc1ccc(C(=O)NC[C@H](O)CNC2Cc3ccccc3C2)cc1. The van der Waals surface area contributed by atoms with Crippen molar-refractivity contribution in [2.45, 2.75) is 38.5 Å². The highest BCUT2D eigenvalue weighted by molar-refractivity contribution is 5.94. The molecule has 1 aliphatic carbocycles. The maximum Gasteiger partial charge on any atom is 0.251 e. The largest absolute Gasteiger partial charge is 0.487 e. The number of nitrogens with zero attached hydrogens (tertiary/aromatic N) is 2. The number of benzene rings is 2. The number of nitrogens with one attached hydrogen (secondary N) is 2. The molecular formula is C23H26N4O4. The summed E-state index contributed by atoms with van der Waals surface area (Å²) >= 11 is 0. The minimum absolute atomic E-state index is 0.183. The van der Waals surface area contributed by atoms with Crippen LogP contribution < -0.4 is 15.4 Å². The van der Waals surface area contributed by atoms with Crippen LogP contribution in [0, 0.1) is 6.92 Å². The van der Waals surface area contributed by atoms with Gasteiger partial charge in [0.2, 0.25) is 0 Å². The fourth-order valence-electron chi connectivity index (χ4n) is 3.63. The van der Waals surface area contributed by atoms with Gasteiger partial charge in [0, 0.05) is 24.7 Å². The number of rotatable bonds is 9. The normalized spacial score (nSPS) is 14.3. The van der Waals surface area contributed by atoms with Gasteiger partial charge in [-0.05, 0) is 55.2 Å². The molecule has 162 valence electrons. The number of hydrogen-bond acceptors (Lipinski definition) is 7. The van der Waals surface area contributed by atoms with Crippen molar-refractivity contribution < 1.29 is 19.3 Å². The Hall–Kier alpha value is -3.23. The molecule has 0 saturated heterocycles. The first-order chi connectivity index (χ1) is 15.1. The van der Waals surface area contributed by atoms with Crippen molar-refractivity contribution >= 4 is 5.91 Å². The van der Waals surface area contributed by atoms with Gasteiger partial charge in [-0.2, -0.15) is 0 Å². The summed E-state index contributed by atoms with van der Waals surface area (Å²) in [5.41, 5.74) is 4.54. The number of carbonyl (C=O) groups excluding carboxylic acids is 1. The Morgan fingerprint density at radius 2 is 1.84 bits per heavy atom. The summed E-state index contributed by atoms with van der Waals surface area (Å²) in [4.78, 5) is 12.3. The second kappa shape index (κ2) is 9.72. The molecule has 4 rings (SSSR count). The Labute approximate surface area is 180 Å². The van der Waals surface area contributed by atoms with Gasteiger partial charge >= 0.3 is 0 Å². The number of fused-ring (bicyclic) bond motifs is 1. The molecule has 1 aliphatic rings. The van der Waals surface area contributed by atoms with E-state index in [1.165, 1.54) is 11.1 Å². The van der Waals surface area contributed by atoms with Crippen molar-refractivity contribution in [3.63, 3.8) is 0 Å². The Bertz CT molecular complexity index is 993. The van der Waals surface area contributed by atoms with Crippen LogP contribution in [0.1, 0.15) is 32.9 Å². The monoisotopic (exact) mass is 422 g/mol. The fraction of sp³-hybridized carbons (Fsp3) is 0.348. The Morgan fingerprint density at radius 3 is 2.48 bits per heavy atom. The Kier molecular flexibility index (Phi) is 6.59. The van der Waals surface area contributed by atoms with Crippen LogP contribution in [-0.4, -0.2) is 46.6 Å². The molecule has 31 heavy (non-hydrogen) atoms. The zero-order valence-corrected chi connectivity index (χ0v) is 17.4. The van der Waals surface area contributed by atoms with Crippen LogP contribution in [0.2, 0.25) is 0 Å². The second-order valence-corrected chi connectivity index (χ2v) is 7.76. The summed E-state index contributed by atoms with van der Waals surface area (Å²) in [6.45, 7) is 2.65. The number of amides is 1. The summed E-state index contributed by atoms with van der Waals surface area (Å²) in [5.74, 6) is 0.371. The van der Waals surface area contributed by atoms with E-state index in [0.29, 0.717) is 35.3 Å². The lowest BCUT2D eigenvalue weighted by molar-refractivity contribution is 0.0914. The number of aliphatic hydroxyl groups is 1. The highest BCUT2D eigenvalue weighted by Crippen LogP contribution is 2.21. The molecule has 0 spiro atoms. The Balaban J connectivity index is 1.17. The van der Waals surface area contributed by atoms with Gasteiger partial charge in [0.15, 0.2) is 0 Å². The molecule has 1 heterocycles. The molecule has 0 saturated carbocycles. The molecule has 1 atom stereocenters. The number of carbonyl (C=O) groups is 1. The van der Waals surface area contributed by atoms with Crippen LogP contribution >= 0.6 is 0 Å². The zero-order valence-electron chi connectivity index (χ0n) is 17.4. The van der Waals surface area contributed by atoms with E-state index in [1.54, 1.807) is 31.2 Å². The van der Waals surface area contributed by atoms with Gasteiger partial charge in [0.05, 0.1) is 6.10 Å². The molecule has 0 bridgehead atoms. The average Bonchev–Trinajstić information content (AvgIpc) is 3.40. The van der Waals surface area contributed by atoms with Crippen LogP contribution in [0.4, 0.5) is 0 Å². The fourth-order valence-corrected chi connectivity index (χ4v) is 3.63. The van der Waals surface area contributed by atoms with Crippen LogP contribution in [0.15, 0.2) is 53.2 Å².